The fourth-order valence-corrected chi connectivity index (χ4v) is 4.28. The van der Waals surface area contributed by atoms with Crippen LogP contribution in [0.25, 0.3) is 10.4 Å². The minimum absolute atomic E-state index is 0.428. The van der Waals surface area contributed by atoms with Crippen LogP contribution < -0.4 is 15.4 Å². The molecular weight excluding hydrogens is 498 g/mol. The minimum Gasteiger partial charge on any atom is -0.497 e. The van der Waals surface area contributed by atoms with Gasteiger partial charge in [-0.2, -0.15) is 4.98 Å². The number of aryl methyl sites for hydroxylation is 1. The van der Waals surface area contributed by atoms with Crippen molar-refractivity contribution in [2.24, 2.45) is 0 Å². The van der Waals surface area contributed by atoms with Crippen LogP contribution in [0.4, 0.5) is 16.9 Å². The van der Waals surface area contributed by atoms with E-state index in [0.717, 1.165) is 31.9 Å². The van der Waals surface area contributed by atoms with Crippen molar-refractivity contribution < 1.29 is 4.74 Å². The molecule has 0 aliphatic rings. The Morgan fingerprint density at radius 2 is 1.81 bits per heavy atom. The van der Waals surface area contributed by atoms with Crippen LogP contribution in [0.15, 0.2) is 59.2 Å². The van der Waals surface area contributed by atoms with E-state index in [4.69, 9.17) is 16.3 Å². The van der Waals surface area contributed by atoms with Crippen molar-refractivity contribution in [1.29, 1.82) is 0 Å². The molecule has 4 aromatic rings. The van der Waals surface area contributed by atoms with E-state index in [1.165, 1.54) is 0 Å². The number of hydrogen-bond acceptors (Lipinski definition) is 7. The molecule has 2 aromatic carbocycles. The van der Waals surface area contributed by atoms with Gasteiger partial charge in [-0.1, -0.05) is 51.0 Å². The molecule has 4 rings (SSSR count). The van der Waals surface area contributed by atoms with Crippen molar-refractivity contribution in [3.8, 4) is 16.2 Å². The lowest BCUT2D eigenvalue weighted by Gasteiger charge is -2.09. The normalized spacial score (nSPS) is 10.7. The molecular formula is C22H19BrClN5OS. The molecule has 0 unspecified atom stereocenters. The second kappa shape index (κ2) is 9.64. The summed E-state index contributed by atoms with van der Waals surface area (Å²) < 4.78 is 6.27. The van der Waals surface area contributed by atoms with Crippen LogP contribution in [0.2, 0.25) is 5.02 Å². The number of methoxy groups -OCH3 is 1. The second-order valence-electron chi connectivity index (χ2n) is 6.66. The van der Waals surface area contributed by atoms with Gasteiger partial charge in [0.25, 0.3) is 0 Å². The summed E-state index contributed by atoms with van der Waals surface area (Å²) in [7, 11) is 1.66. The fraction of sp³-hybridized carbons (Fsp3) is 0.136. The third-order valence-corrected chi connectivity index (χ3v) is 6.41. The van der Waals surface area contributed by atoms with E-state index in [-0.39, 0.29) is 0 Å². The van der Waals surface area contributed by atoms with Gasteiger partial charge in [0.1, 0.15) is 10.8 Å². The highest BCUT2D eigenvalue weighted by molar-refractivity contribution is 9.10. The fourth-order valence-electron chi connectivity index (χ4n) is 2.90. The van der Waals surface area contributed by atoms with Gasteiger partial charge in [-0.3, -0.25) is 5.32 Å². The Morgan fingerprint density at radius 1 is 1.06 bits per heavy atom. The zero-order valence-corrected chi connectivity index (χ0v) is 20.0. The molecule has 0 saturated carbocycles. The first-order chi connectivity index (χ1) is 15.0. The summed E-state index contributed by atoms with van der Waals surface area (Å²) in [6.07, 6.45) is 1.58. The Balaban J connectivity index is 1.49. The molecule has 2 aromatic heterocycles. The average molecular weight is 517 g/mol. The smallest absolute Gasteiger partial charge is 0.231 e. The number of rotatable bonds is 7. The molecule has 0 aliphatic carbocycles. The van der Waals surface area contributed by atoms with Gasteiger partial charge in [-0.25, -0.2) is 9.97 Å². The molecule has 0 bridgehead atoms. The Morgan fingerprint density at radius 3 is 2.52 bits per heavy atom. The van der Waals surface area contributed by atoms with E-state index >= 15 is 0 Å². The van der Waals surface area contributed by atoms with E-state index in [1.54, 1.807) is 24.6 Å². The third-order valence-electron chi connectivity index (χ3n) is 4.48. The number of anilines is 3. The number of nitrogens with zero attached hydrogens (tertiary/aromatic N) is 3. The largest absolute Gasteiger partial charge is 0.497 e. The standard InChI is InChI=1S/C22H19BrClN5OS/c1-13-19(15-5-9-17(30-2)10-6-15)31-22(27-13)29-21-26-12-18(24)20(28-21)25-11-14-3-7-16(23)8-4-14/h3-10,12H,11H2,1-2H3,(H2,25,26,27,28,29). The number of benzene rings is 2. The molecule has 6 nitrogen and oxygen atoms in total. The zero-order valence-electron chi connectivity index (χ0n) is 16.8. The maximum absolute atomic E-state index is 6.28. The first kappa shape index (κ1) is 21.5. The molecule has 0 aliphatic heterocycles. The monoisotopic (exact) mass is 515 g/mol. The third kappa shape index (κ3) is 5.33. The summed E-state index contributed by atoms with van der Waals surface area (Å²) in [5.41, 5.74) is 3.13. The van der Waals surface area contributed by atoms with Crippen molar-refractivity contribution in [2.45, 2.75) is 13.5 Å². The van der Waals surface area contributed by atoms with E-state index in [2.05, 4.69) is 41.5 Å². The maximum atomic E-state index is 6.28. The molecule has 158 valence electrons. The average Bonchev–Trinajstić information content (AvgIpc) is 3.15. The molecule has 9 heteroatoms. The number of thiazole rings is 1. The molecule has 2 N–H and O–H groups in total. The van der Waals surface area contributed by atoms with Gasteiger partial charge in [0.15, 0.2) is 10.9 Å². The summed E-state index contributed by atoms with van der Waals surface area (Å²) in [6, 6.07) is 16.0. The first-order valence-electron chi connectivity index (χ1n) is 9.41. The number of aromatic nitrogens is 3. The lowest BCUT2D eigenvalue weighted by Crippen LogP contribution is -2.05. The van der Waals surface area contributed by atoms with Crippen LogP contribution in [0.3, 0.4) is 0 Å². The summed E-state index contributed by atoms with van der Waals surface area (Å²) in [6.45, 7) is 2.58. The van der Waals surface area contributed by atoms with E-state index in [0.29, 0.717) is 28.5 Å². The lowest BCUT2D eigenvalue weighted by molar-refractivity contribution is 0.415. The molecule has 0 atom stereocenters. The van der Waals surface area contributed by atoms with Gasteiger partial charge in [-0.15, -0.1) is 0 Å². The number of nitrogens with one attached hydrogen (secondary N) is 2. The SMILES string of the molecule is COc1ccc(-c2sc(Nc3ncc(Cl)c(NCc4ccc(Br)cc4)n3)nc2C)cc1. The molecule has 0 spiro atoms. The molecule has 0 radical (unpaired) electrons. The van der Waals surface area contributed by atoms with Crippen LogP contribution in [-0.4, -0.2) is 22.1 Å². The van der Waals surface area contributed by atoms with Gasteiger partial charge in [0, 0.05) is 11.0 Å². The maximum Gasteiger partial charge on any atom is 0.231 e. The minimum atomic E-state index is 0.428. The molecule has 0 fully saturated rings. The Hall–Kier alpha value is -2.68. The topological polar surface area (TPSA) is 72.0 Å². The molecule has 31 heavy (non-hydrogen) atoms. The molecule has 0 saturated heterocycles. The van der Waals surface area contributed by atoms with Gasteiger partial charge < -0.3 is 10.1 Å². The summed E-state index contributed by atoms with van der Waals surface area (Å²) >= 11 is 11.3. The van der Waals surface area contributed by atoms with Gasteiger partial charge in [0.2, 0.25) is 5.95 Å². The molecule has 0 amide bonds. The van der Waals surface area contributed by atoms with Crippen molar-refractivity contribution in [1.82, 2.24) is 15.0 Å². The summed E-state index contributed by atoms with van der Waals surface area (Å²) in [5.74, 6) is 1.81. The number of ether oxygens (including phenoxy) is 1. The van der Waals surface area contributed by atoms with E-state index in [9.17, 15) is 0 Å². The van der Waals surface area contributed by atoms with Crippen LogP contribution in [0, 0.1) is 6.92 Å². The highest BCUT2D eigenvalue weighted by Crippen LogP contribution is 2.34. The Kier molecular flexibility index (Phi) is 6.70. The summed E-state index contributed by atoms with van der Waals surface area (Å²) in [5, 5.41) is 7.62. The van der Waals surface area contributed by atoms with Crippen molar-refractivity contribution >= 4 is 55.8 Å². The predicted octanol–water partition coefficient (Wildman–Crippen LogP) is 6.69. The van der Waals surface area contributed by atoms with Crippen LogP contribution in [0.1, 0.15) is 11.3 Å². The van der Waals surface area contributed by atoms with Gasteiger partial charge in [-0.05, 0) is 54.4 Å². The number of halogens is 2. The number of hydrogen-bond donors (Lipinski definition) is 2. The lowest BCUT2D eigenvalue weighted by atomic mass is 10.1. The highest BCUT2D eigenvalue weighted by Gasteiger charge is 2.12. The Labute approximate surface area is 197 Å². The first-order valence-corrected chi connectivity index (χ1v) is 11.4. The zero-order chi connectivity index (χ0) is 21.8. The predicted molar refractivity (Wildman–Crippen MR) is 131 cm³/mol. The second-order valence-corrected chi connectivity index (χ2v) is 8.98. The van der Waals surface area contributed by atoms with Gasteiger partial charge in [0.05, 0.1) is 23.9 Å². The van der Waals surface area contributed by atoms with Crippen LogP contribution >= 0.6 is 38.9 Å². The highest BCUT2D eigenvalue weighted by atomic mass is 79.9. The van der Waals surface area contributed by atoms with Crippen LogP contribution in [0.5, 0.6) is 5.75 Å². The van der Waals surface area contributed by atoms with Crippen molar-refractivity contribution in [2.75, 3.05) is 17.7 Å². The van der Waals surface area contributed by atoms with Crippen molar-refractivity contribution in [3.05, 3.63) is 75.5 Å². The quantitative estimate of drug-likeness (QED) is 0.285. The van der Waals surface area contributed by atoms with Crippen LogP contribution in [-0.2, 0) is 6.54 Å². The van der Waals surface area contributed by atoms with Gasteiger partial charge >= 0.3 is 0 Å². The van der Waals surface area contributed by atoms with E-state index < -0.39 is 0 Å². The summed E-state index contributed by atoms with van der Waals surface area (Å²) in [4.78, 5) is 14.5. The Bertz CT molecular complexity index is 1180. The van der Waals surface area contributed by atoms with E-state index in [1.807, 2.05) is 55.5 Å². The van der Waals surface area contributed by atoms with Crippen molar-refractivity contribution in [3.63, 3.8) is 0 Å². The molecule has 2 heterocycles.